The maximum atomic E-state index is 11.1. The van der Waals surface area contributed by atoms with Gasteiger partial charge < -0.3 is 16.0 Å². The Morgan fingerprint density at radius 2 is 2.20 bits per heavy atom. The van der Waals surface area contributed by atoms with Crippen molar-refractivity contribution in [3.05, 3.63) is 12.0 Å². The lowest BCUT2D eigenvalue weighted by molar-refractivity contribution is 0.0996. The molecule has 6 heteroatoms. The van der Waals surface area contributed by atoms with Gasteiger partial charge in [0, 0.05) is 5.54 Å². The van der Waals surface area contributed by atoms with E-state index in [-0.39, 0.29) is 11.2 Å². The fourth-order valence-electron chi connectivity index (χ4n) is 1.20. The lowest BCUT2D eigenvalue weighted by Gasteiger charge is -2.21. The number of nitrogens with two attached hydrogens (primary N) is 2. The van der Waals surface area contributed by atoms with Gasteiger partial charge in [0.1, 0.15) is 0 Å². The van der Waals surface area contributed by atoms with E-state index in [1.54, 1.807) is 4.57 Å². The zero-order chi connectivity index (χ0) is 11.6. The number of primary amides is 1. The Morgan fingerprint density at radius 3 is 2.60 bits per heavy atom. The van der Waals surface area contributed by atoms with Crippen LogP contribution in [0.2, 0.25) is 0 Å². The fourth-order valence-corrected chi connectivity index (χ4v) is 1.20. The molecule has 82 valence electrons. The number of carbonyl (C=O) groups is 1. The lowest BCUT2D eigenvalue weighted by atomic mass is 10.1. The molecule has 0 saturated carbocycles. The van der Waals surface area contributed by atoms with Gasteiger partial charge in [0.15, 0.2) is 11.5 Å². The molecule has 1 rings (SSSR count). The Balaban J connectivity index is 3.37. The smallest absolute Gasteiger partial charge is 0.271 e. The number of imidazole rings is 1. The van der Waals surface area contributed by atoms with Gasteiger partial charge in [0.05, 0.1) is 12.7 Å². The van der Waals surface area contributed by atoms with Gasteiger partial charge in [0.2, 0.25) is 0 Å². The molecule has 0 saturated heterocycles. The summed E-state index contributed by atoms with van der Waals surface area (Å²) in [4.78, 5) is 18.9. The van der Waals surface area contributed by atoms with Gasteiger partial charge in [0.25, 0.3) is 5.91 Å². The third-order valence-corrected chi connectivity index (χ3v) is 1.90. The molecule has 0 unspecified atom stereocenters. The van der Waals surface area contributed by atoms with Crippen LogP contribution < -0.4 is 11.5 Å². The molecule has 1 aromatic rings. The van der Waals surface area contributed by atoms with Gasteiger partial charge in [-0.2, -0.15) is 0 Å². The minimum atomic E-state index is -0.612. The third kappa shape index (κ3) is 2.15. The number of hydrogen-bond acceptors (Lipinski definition) is 3. The van der Waals surface area contributed by atoms with Crippen LogP contribution in [-0.2, 0) is 5.54 Å². The van der Waals surface area contributed by atoms with E-state index in [1.165, 1.54) is 6.33 Å². The van der Waals surface area contributed by atoms with Crippen molar-refractivity contribution >= 4 is 18.1 Å². The van der Waals surface area contributed by atoms with E-state index in [4.69, 9.17) is 11.5 Å². The molecule has 0 aliphatic heterocycles. The molecule has 1 aromatic heterocycles. The topological polar surface area (TPSA) is 99.3 Å². The summed E-state index contributed by atoms with van der Waals surface area (Å²) in [6.45, 7) is 5.90. The summed E-state index contributed by atoms with van der Waals surface area (Å²) in [6, 6.07) is 0. The third-order valence-electron chi connectivity index (χ3n) is 1.90. The van der Waals surface area contributed by atoms with Crippen molar-refractivity contribution in [1.82, 2.24) is 9.55 Å². The summed E-state index contributed by atoms with van der Waals surface area (Å²) in [5.41, 5.74) is 10.3. The minimum Gasteiger partial charge on any atom is -0.390 e. The predicted molar refractivity (Wildman–Crippen MR) is 58.1 cm³/mol. The van der Waals surface area contributed by atoms with E-state index < -0.39 is 5.91 Å². The van der Waals surface area contributed by atoms with Crippen molar-refractivity contribution in [2.24, 2.45) is 16.5 Å². The monoisotopic (exact) mass is 209 g/mol. The predicted octanol–water partition coefficient (Wildman–Crippen LogP) is 0.356. The Kier molecular flexibility index (Phi) is 2.78. The van der Waals surface area contributed by atoms with Crippen molar-refractivity contribution in [3.8, 4) is 0 Å². The zero-order valence-electron chi connectivity index (χ0n) is 9.06. The van der Waals surface area contributed by atoms with Crippen LogP contribution in [0.25, 0.3) is 0 Å². The first-order valence-electron chi connectivity index (χ1n) is 4.50. The van der Waals surface area contributed by atoms with Gasteiger partial charge >= 0.3 is 0 Å². The number of hydrogen-bond donors (Lipinski definition) is 2. The summed E-state index contributed by atoms with van der Waals surface area (Å²) in [5.74, 6) is -0.226. The highest BCUT2D eigenvalue weighted by molar-refractivity contribution is 5.95. The van der Waals surface area contributed by atoms with E-state index in [0.717, 1.165) is 6.34 Å². The Morgan fingerprint density at radius 1 is 1.60 bits per heavy atom. The van der Waals surface area contributed by atoms with Crippen LogP contribution in [0.15, 0.2) is 11.3 Å². The molecule has 0 aliphatic carbocycles. The zero-order valence-corrected chi connectivity index (χ0v) is 9.06. The van der Waals surface area contributed by atoms with Gasteiger partial charge in [-0.05, 0) is 20.8 Å². The SMILES string of the molecule is CC(C)(C)n1cnc(C(N)=O)c1/N=C/N. The van der Waals surface area contributed by atoms with Crippen molar-refractivity contribution in [2.45, 2.75) is 26.3 Å². The molecule has 0 aromatic carbocycles. The number of rotatable bonds is 2. The first-order valence-corrected chi connectivity index (χ1v) is 4.50. The molecule has 15 heavy (non-hydrogen) atoms. The largest absolute Gasteiger partial charge is 0.390 e. The molecule has 0 spiro atoms. The number of aliphatic imine (C=N–C) groups is 1. The first kappa shape index (κ1) is 11.2. The molecule has 0 aliphatic rings. The number of carbonyl (C=O) groups excluding carboxylic acids is 1. The maximum Gasteiger partial charge on any atom is 0.271 e. The molecule has 0 bridgehead atoms. The van der Waals surface area contributed by atoms with E-state index in [2.05, 4.69) is 9.98 Å². The van der Waals surface area contributed by atoms with Crippen LogP contribution in [0.4, 0.5) is 5.82 Å². The molecule has 0 fully saturated rings. The van der Waals surface area contributed by atoms with Crippen LogP contribution in [-0.4, -0.2) is 21.8 Å². The molecule has 1 amide bonds. The van der Waals surface area contributed by atoms with Crippen LogP contribution in [0.5, 0.6) is 0 Å². The van der Waals surface area contributed by atoms with E-state index in [0.29, 0.717) is 5.82 Å². The summed E-state index contributed by atoms with van der Waals surface area (Å²) in [6.07, 6.45) is 2.65. The maximum absolute atomic E-state index is 11.1. The normalized spacial score (nSPS) is 12.2. The second-order valence-electron chi connectivity index (χ2n) is 4.10. The highest BCUT2D eigenvalue weighted by Crippen LogP contribution is 2.25. The average molecular weight is 209 g/mol. The number of amides is 1. The van der Waals surface area contributed by atoms with E-state index in [1.807, 2.05) is 20.8 Å². The number of aromatic nitrogens is 2. The van der Waals surface area contributed by atoms with Crippen molar-refractivity contribution in [2.75, 3.05) is 0 Å². The van der Waals surface area contributed by atoms with E-state index >= 15 is 0 Å². The van der Waals surface area contributed by atoms with Crippen LogP contribution in [0.1, 0.15) is 31.3 Å². The highest BCUT2D eigenvalue weighted by atomic mass is 16.1. The molecular formula is C9H15N5O. The first-order chi connectivity index (χ1) is 6.88. The Hall–Kier alpha value is -1.85. The molecule has 0 atom stereocenters. The van der Waals surface area contributed by atoms with Crippen molar-refractivity contribution in [3.63, 3.8) is 0 Å². The molecule has 6 nitrogen and oxygen atoms in total. The number of nitrogens with zero attached hydrogens (tertiary/aromatic N) is 3. The molecule has 4 N–H and O–H groups in total. The van der Waals surface area contributed by atoms with Crippen LogP contribution in [0.3, 0.4) is 0 Å². The summed E-state index contributed by atoms with van der Waals surface area (Å²) < 4.78 is 1.75. The summed E-state index contributed by atoms with van der Waals surface area (Å²) in [7, 11) is 0. The second kappa shape index (κ2) is 3.72. The van der Waals surface area contributed by atoms with E-state index in [9.17, 15) is 4.79 Å². The van der Waals surface area contributed by atoms with Crippen LogP contribution >= 0.6 is 0 Å². The second-order valence-corrected chi connectivity index (χ2v) is 4.10. The van der Waals surface area contributed by atoms with Gasteiger partial charge in [-0.25, -0.2) is 9.98 Å². The summed E-state index contributed by atoms with van der Waals surface area (Å²) >= 11 is 0. The Labute approximate surface area is 88.0 Å². The average Bonchev–Trinajstić information content (AvgIpc) is 2.47. The summed E-state index contributed by atoms with van der Waals surface area (Å²) in [5, 5.41) is 0. The molecular weight excluding hydrogens is 194 g/mol. The minimum absolute atomic E-state index is 0.131. The fraction of sp³-hybridized carbons (Fsp3) is 0.444. The lowest BCUT2D eigenvalue weighted by Crippen LogP contribution is -2.21. The standard InChI is InChI=1S/C9H15N5O/c1-9(2,3)14-5-13-6(7(11)15)8(14)12-4-10/h4-5H,1-3H3,(H2,10,12)(H2,11,15). The quantitative estimate of drug-likeness (QED) is 0.543. The van der Waals surface area contributed by atoms with Gasteiger partial charge in [-0.1, -0.05) is 0 Å². The van der Waals surface area contributed by atoms with Crippen molar-refractivity contribution in [1.29, 1.82) is 0 Å². The molecule has 1 heterocycles. The van der Waals surface area contributed by atoms with Crippen molar-refractivity contribution < 1.29 is 4.79 Å². The van der Waals surface area contributed by atoms with Gasteiger partial charge in [-0.3, -0.25) is 4.79 Å². The Bertz CT molecular complexity index is 399. The van der Waals surface area contributed by atoms with Gasteiger partial charge in [-0.15, -0.1) is 0 Å². The molecule has 0 radical (unpaired) electrons. The highest BCUT2D eigenvalue weighted by Gasteiger charge is 2.22. The van der Waals surface area contributed by atoms with Crippen LogP contribution in [0, 0.1) is 0 Å².